The molecule has 7 heavy (non-hydrogen) atoms. The summed E-state index contributed by atoms with van der Waals surface area (Å²) in [7, 11) is 3.27. The Kier molecular flexibility index (Phi) is 8.53. The summed E-state index contributed by atoms with van der Waals surface area (Å²) in [6, 6.07) is 0. The Bertz CT molecular complexity index is 48.2. The Labute approximate surface area is 53.1 Å². The van der Waals surface area contributed by atoms with Gasteiger partial charge in [-0.3, -0.25) is 4.79 Å². The van der Waals surface area contributed by atoms with Crippen molar-refractivity contribution in [1.82, 2.24) is 5.06 Å². The fourth-order valence-electron chi connectivity index (χ4n) is 0.0861. The van der Waals surface area contributed by atoms with E-state index >= 15 is 0 Å². The normalized spacial score (nSPS) is 7.29. The number of rotatable bonds is 2. The Morgan fingerprint density at radius 2 is 2.00 bits per heavy atom. The molecule has 0 spiro atoms. The monoisotopic (exact) mass is 152 g/mol. The van der Waals surface area contributed by atoms with Crippen LogP contribution in [-0.4, -0.2) is 25.6 Å². The van der Waals surface area contributed by atoms with Gasteiger partial charge in [0.15, 0.2) is 0 Å². The van der Waals surface area contributed by atoms with Crippen molar-refractivity contribution in [3.05, 3.63) is 0 Å². The summed E-state index contributed by atoms with van der Waals surface area (Å²) in [6.45, 7) is 0.375. The van der Waals surface area contributed by atoms with E-state index in [1.54, 1.807) is 14.1 Å². The SMILES string of the molecule is CN(C)OC=O.[Cu]. The van der Waals surface area contributed by atoms with Gasteiger partial charge in [0.2, 0.25) is 0 Å². The molecular formula is C3H7CuNO2. The van der Waals surface area contributed by atoms with Crippen LogP contribution in [0.3, 0.4) is 0 Å². The van der Waals surface area contributed by atoms with Crippen molar-refractivity contribution in [2.24, 2.45) is 0 Å². The van der Waals surface area contributed by atoms with Gasteiger partial charge in [-0.1, -0.05) is 0 Å². The van der Waals surface area contributed by atoms with Crippen LogP contribution < -0.4 is 0 Å². The third kappa shape index (κ3) is 10.7. The van der Waals surface area contributed by atoms with E-state index in [0.29, 0.717) is 6.47 Å². The van der Waals surface area contributed by atoms with Crippen LogP contribution in [0.25, 0.3) is 0 Å². The van der Waals surface area contributed by atoms with E-state index in [1.807, 2.05) is 0 Å². The number of hydrogen-bond donors (Lipinski definition) is 0. The van der Waals surface area contributed by atoms with Crippen LogP contribution in [0.4, 0.5) is 0 Å². The third-order valence-corrected chi connectivity index (χ3v) is 0.254. The predicted octanol–water partition coefficient (Wildman–Crippen LogP) is -0.367. The zero-order valence-corrected chi connectivity index (χ0v) is 5.08. The number of nitrogens with zero attached hydrogens (tertiary/aromatic N) is 1. The minimum Gasteiger partial charge on any atom is -0.371 e. The number of hydrogen-bond acceptors (Lipinski definition) is 3. The van der Waals surface area contributed by atoms with Gasteiger partial charge in [0.25, 0.3) is 0 Å². The molecule has 0 rings (SSSR count). The number of hydroxylamine groups is 2. The van der Waals surface area contributed by atoms with Gasteiger partial charge in [0.1, 0.15) is 0 Å². The molecule has 0 N–H and O–H groups in total. The fourth-order valence-corrected chi connectivity index (χ4v) is 0.0861. The van der Waals surface area contributed by atoms with Gasteiger partial charge < -0.3 is 4.84 Å². The summed E-state index contributed by atoms with van der Waals surface area (Å²) in [5.74, 6) is 0. The average molecular weight is 153 g/mol. The van der Waals surface area contributed by atoms with Crippen LogP contribution in [0.1, 0.15) is 0 Å². The summed E-state index contributed by atoms with van der Waals surface area (Å²) >= 11 is 0. The molecule has 0 atom stereocenters. The minimum atomic E-state index is 0. The maximum atomic E-state index is 9.35. The van der Waals surface area contributed by atoms with Gasteiger partial charge in [0, 0.05) is 31.2 Å². The van der Waals surface area contributed by atoms with Crippen LogP contribution in [0.15, 0.2) is 0 Å². The molecule has 0 aromatic heterocycles. The molecule has 0 aliphatic heterocycles. The van der Waals surface area contributed by atoms with Crippen molar-refractivity contribution in [3.8, 4) is 0 Å². The second-order valence-electron chi connectivity index (χ2n) is 1.01. The van der Waals surface area contributed by atoms with E-state index in [1.165, 1.54) is 5.06 Å². The number of carbonyl (C=O) groups excluding carboxylic acids is 1. The summed E-state index contributed by atoms with van der Waals surface area (Å²) in [5, 5.41) is 1.31. The molecule has 0 bridgehead atoms. The molecule has 0 unspecified atom stereocenters. The quantitative estimate of drug-likeness (QED) is 0.307. The van der Waals surface area contributed by atoms with Crippen molar-refractivity contribution >= 4 is 6.47 Å². The van der Waals surface area contributed by atoms with Gasteiger partial charge in [-0.2, -0.15) is 0 Å². The second kappa shape index (κ2) is 5.95. The Morgan fingerprint density at radius 1 is 1.57 bits per heavy atom. The molecule has 0 aliphatic carbocycles. The molecule has 0 fully saturated rings. The van der Waals surface area contributed by atoms with Crippen LogP contribution in [0, 0.1) is 0 Å². The van der Waals surface area contributed by atoms with Gasteiger partial charge in [-0.05, 0) is 0 Å². The van der Waals surface area contributed by atoms with Crippen molar-refractivity contribution in [3.63, 3.8) is 0 Å². The molecule has 0 heterocycles. The van der Waals surface area contributed by atoms with Crippen LogP contribution in [-0.2, 0) is 26.7 Å². The van der Waals surface area contributed by atoms with Crippen LogP contribution >= 0.6 is 0 Å². The van der Waals surface area contributed by atoms with Crippen molar-refractivity contribution < 1.29 is 26.7 Å². The Morgan fingerprint density at radius 3 is 2.00 bits per heavy atom. The number of carbonyl (C=O) groups is 1. The third-order valence-electron chi connectivity index (χ3n) is 0.254. The summed E-state index contributed by atoms with van der Waals surface area (Å²) in [4.78, 5) is 13.5. The molecule has 0 aliphatic rings. The fraction of sp³-hybridized carbons (Fsp3) is 0.667. The van der Waals surface area contributed by atoms with Crippen molar-refractivity contribution in [2.75, 3.05) is 14.1 Å². The standard InChI is InChI=1S/C3H7NO2.Cu/c1-4(2)6-3-5;/h3H,1-2H3;. The van der Waals surface area contributed by atoms with E-state index in [-0.39, 0.29) is 17.1 Å². The van der Waals surface area contributed by atoms with E-state index in [4.69, 9.17) is 0 Å². The molecule has 4 heteroatoms. The minimum absolute atomic E-state index is 0. The second-order valence-corrected chi connectivity index (χ2v) is 1.01. The largest absolute Gasteiger partial charge is 0.371 e. The maximum Gasteiger partial charge on any atom is 0.312 e. The first kappa shape index (κ1) is 10.0. The van der Waals surface area contributed by atoms with Gasteiger partial charge >= 0.3 is 6.47 Å². The molecule has 0 aromatic carbocycles. The summed E-state index contributed by atoms with van der Waals surface area (Å²) < 4.78 is 0. The smallest absolute Gasteiger partial charge is 0.312 e. The first-order valence-corrected chi connectivity index (χ1v) is 1.55. The molecule has 1 radical (unpaired) electrons. The van der Waals surface area contributed by atoms with Crippen molar-refractivity contribution in [2.45, 2.75) is 0 Å². The van der Waals surface area contributed by atoms with Gasteiger partial charge in [-0.15, -0.1) is 5.06 Å². The predicted molar refractivity (Wildman–Crippen MR) is 20.8 cm³/mol. The Balaban J connectivity index is 0. The molecule has 0 saturated heterocycles. The first-order valence-electron chi connectivity index (χ1n) is 1.55. The van der Waals surface area contributed by atoms with Gasteiger partial charge in [0.05, 0.1) is 0 Å². The topological polar surface area (TPSA) is 29.5 Å². The van der Waals surface area contributed by atoms with Crippen LogP contribution in [0.5, 0.6) is 0 Å². The molecule has 47 valence electrons. The Hall–Kier alpha value is -0.0505. The zero-order valence-electron chi connectivity index (χ0n) is 4.14. The van der Waals surface area contributed by atoms with Crippen molar-refractivity contribution in [1.29, 1.82) is 0 Å². The molecule has 3 nitrogen and oxygen atoms in total. The first-order chi connectivity index (χ1) is 2.77. The van der Waals surface area contributed by atoms with Gasteiger partial charge in [-0.25, -0.2) is 0 Å². The zero-order chi connectivity index (χ0) is 4.99. The molecule has 0 saturated carbocycles. The molecule has 0 amide bonds. The summed E-state index contributed by atoms with van der Waals surface area (Å²) in [5.41, 5.74) is 0. The average Bonchev–Trinajstić information content (AvgIpc) is 1.35. The molecule has 0 aromatic rings. The van der Waals surface area contributed by atoms with E-state index in [9.17, 15) is 4.79 Å². The summed E-state index contributed by atoms with van der Waals surface area (Å²) in [6.07, 6.45) is 0. The van der Waals surface area contributed by atoms with E-state index in [2.05, 4.69) is 4.84 Å². The van der Waals surface area contributed by atoms with E-state index in [0.717, 1.165) is 0 Å². The van der Waals surface area contributed by atoms with E-state index < -0.39 is 0 Å². The van der Waals surface area contributed by atoms with Crippen LogP contribution in [0.2, 0.25) is 0 Å². The maximum absolute atomic E-state index is 9.35. The molecular weight excluding hydrogens is 146 g/mol.